The summed E-state index contributed by atoms with van der Waals surface area (Å²) in [7, 11) is -3.94. The van der Waals surface area contributed by atoms with E-state index in [4.69, 9.17) is 4.74 Å². The highest BCUT2D eigenvalue weighted by Crippen LogP contribution is 2.21. The Hall–Kier alpha value is -2.94. The van der Waals surface area contributed by atoms with Crippen molar-refractivity contribution >= 4 is 27.4 Å². The van der Waals surface area contributed by atoms with Crippen LogP contribution in [0.2, 0.25) is 0 Å². The molecule has 0 saturated carbocycles. The van der Waals surface area contributed by atoms with Gasteiger partial charge in [0.15, 0.2) is 0 Å². The Labute approximate surface area is 138 Å². The Kier molecular flexibility index (Phi) is 5.14. The molecule has 0 aromatic heterocycles. The van der Waals surface area contributed by atoms with Gasteiger partial charge in [-0.3, -0.25) is 14.8 Å². The molecule has 2 rings (SSSR count). The van der Waals surface area contributed by atoms with Gasteiger partial charge < -0.3 is 4.74 Å². The summed E-state index contributed by atoms with van der Waals surface area (Å²) in [6.07, 6.45) is 0. The first-order valence-electron chi connectivity index (χ1n) is 6.88. The Balaban J connectivity index is 2.23. The number of nitro groups is 1. The van der Waals surface area contributed by atoms with Crippen molar-refractivity contribution in [1.82, 2.24) is 0 Å². The molecule has 1 N–H and O–H groups in total. The zero-order valence-corrected chi connectivity index (χ0v) is 13.4. The number of non-ortho nitro benzene ring substituents is 1. The van der Waals surface area contributed by atoms with E-state index in [-0.39, 0.29) is 28.4 Å². The fraction of sp³-hybridized carbons (Fsp3) is 0.133. The summed E-state index contributed by atoms with van der Waals surface area (Å²) in [5, 5.41) is 10.7. The number of ether oxygens (including phenoxy) is 1. The number of hydrogen-bond donors (Lipinski definition) is 1. The van der Waals surface area contributed by atoms with Crippen LogP contribution in [0.1, 0.15) is 17.3 Å². The lowest BCUT2D eigenvalue weighted by atomic mass is 10.2. The van der Waals surface area contributed by atoms with E-state index in [9.17, 15) is 23.3 Å². The van der Waals surface area contributed by atoms with E-state index in [1.807, 2.05) is 0 Å². The normalized spacial score (nSPS) is 10.9. The molecule has 0 radical (unpaired) electrons. The molecule has 8 nitrogen and oxygen atoms in total. The molecule has 9 heteroatoms. The third kappa shape index (κ3) is 4.07. The van der Waals surface area contributed by atoms with Gasteiger partial charge in [-0.05, 0) is 37.3 Å². The fourth-order valence-corrected chi connectivity index (χ4v) is 2.93. The van der Waals surface area contributed by atoms with Crippen molar-refractivity contribution in [3.8, 4) is 0 Å². The Bertz CT molecular complexity index is 862. The van der Waals surface area contributed by atoms with Crippen LogP contribution in [0.5, 0.6) is 0 Å². The van der Waals surface area contributed by atoms with Gasteiger partial charge in [0, 0.05) is 12.1 Å². The molecular weight excluding hydrogens is 336 g/mol. The van der Waals surface area contributed by atoms with Crippen molar-refractivity contribution in [2.45, 2.75) is 11.8 Å². The smallest absolute Gasteiger partial charge is 0.338 e. The minimum Gasteiger partial charge on any atom is -0.462 e. The minimum atomic E-state index is -3.94. The van der Waals surface area contributed by atoms with E-state index in [2.05, 4.69) is 4.72 Å². The lowest BCUT2D eigenvalue weighted by Gasteiger charge is -2.08. The highest BCUT2D eigenvalue weighted by Gasteiger charge is 2.17. The molecule has 0 aliphatic rings. The molecule has 126 valence electrons. The van der Waals surface area contributed by atoms with Crippen LogP contribution in [-0.2, 0) is 14.8 Å². The molecule has 0 saturated heterocycles. The summed E-state index contributed by atoms with van der Waals surface area (Å²) in [6, 6.07) is 10.3. The van der Waals surface area contributed by atoms with Gasteiger partial charge in [-0.15, -0.1) is 0 Å². The Morgan fingerprint density at radius 2 is 1.88 bits per heavy atom. The number of nitro benzene ring substituents is 1. The van der Waals surface area contributed by atoms with E-state index in [0.717, 1.165) is 6.07 Å². The van der Waals surface area contributed by atoms with Gasteiger partial charge >= 0.3 is 5.97 Å². The molecule has 0 fully saturated rings. The number of sulfonamides is 1. The van der Waals surface area contributed by atoms with Crippen molar-refractivity contribution in [2.24, 2.45) is 0 Å². The molecule has 0 amide bonds. The van der Waals surface area contributed by atoms with Gasteiger partial charge in [0.2, 0.25) is 0 Å². The lowest BCUT2D eigenvalue weighted by molar-refractivity contribution is -0.384. The van der Waals surface area contributed by atoms with Crippen molar-refractivity contribution < 1.29 is 22.9 Å². The van der Waals surface area contributed by atoms with Crippen LogP contribution in [0.3, 0.4) is 0 Å². The summed E-state index contributed by atoms with van der Waals surface area (Å²) < 4.78 is 31.7. The number of hydrogen-bond acceptors (Lipinski definition) is 6. The molecule has 0 aliphatic carbocycles. The number of anilines is 1. The summed E-state index contributed by atoms with van der Waals surface area (Å²) in [4.78, 5) is 21.6. The van der Waals surface area contributed by atoms with E-state index < -0.39 is 20.9 Å². The second-order valence-electron chi connectivity index (χ2n) is 4.66. The van der Waals surface area contributed by atoms with E-state index in [1.54, 1.807) is 6.92 Å². The molecule has 0 heterocycles. The topological polar surface area (TPSA) is 116 Å². The molecule has 24 heavy (non-hydrogen) atoms. The molecule has 2 aromatic carbocycles. The SMILES string of the molecule is CCOC(=O)c1ccc(S(=O)(=O)Nc2cccc([N+](=O)[O-])c2)cc1. The first-order valence-corrected chi connectivity index (χ1v) is 8.36. The number of benzene rings is 2. The molecule has 0 aliphatic heterocycles. The maximum absolute atomic E-state index is 12.3. The molecule has 0 unspecified atom stereocenters. The zero-order chi connectivity index (χ0) is 17.7. The number of nitrogens with one attached hydrogen (secondary N) is 1. The van der Waals surface area contributed by atoms with Crippen LogP contribution < -0.4 is 4.72 Å². The average Bonchev–Trinajstić information content (AvgIpc) is 2.55. The van der Waals surface area contributed by atoms with Gasteiger partial charge in [-0.2, -0.15) is 0 Å². The minimum absolute atomic E-state index is 0.0682. The average molecular weight is 350 g/mol. The van der Waals surface area contributed by atoms with Crippen LogP contribution in [0, 0.1) is 10.1 Å². The predicted molar refractivity (Wildman–Crippen MR) is 86.3 cm³/mol. The third-order valence-corrected chi connectivity index (χ3v) is 4.38. The number of rotatable bonds is 6. The predicted octanol–water partition coefficient (Wildman–Crippen LogP) is 2.57. The Morgan fingerprint density at radius 1 is 1.21 bits per heavy atom. The third-order valence-electron chi connectivity index (χ3n) is 2.98. The van der Waals surface area contributed by atoms with Gasteiger partial charge in [-0.25, -0.2) is 13.2 Å². The van der Waals surface area contributed by atoms with E-state index in [0.29, 0.717) is 0 Å². The quantitative estimate of drug-likeness (QED) is 0.486. The maximum atomic E-state index is 12.3. The van der Waals surface area contributed by atoms with Crippen molar-refractivity contribution in [1.29, 1.82) is 0 Å². The summed E-state index contributed by atoms with van der Waals surface area (Å²) in [6.45, 7) is 1.88. The number of esters is 1. The molecular formula is C15H14N2O6S. The van der Waals surface area contributed by atoms with Crippen molar-refractivity contribution in [3.05, 3.63) is 64.2 Å². The summed E-state index contributed by atoms with van der Waals surface area (Å²) >= 11 is 0. The maximum Gasteiger partial charge on any atom is 0.338 e. The number of nitrogens with zero attached hydrogens (tertiary/aromatic N) is 1. The Morgan fingerprint density at radius 3 is 2.46 bits per heavy atom. The second-order valence-corrected chi connectivity index (χ2v) is 6.34. The van der Waals surface area contributed by atoms with Gasteiger partial charge in [-0.1, -0.05) is 6.07 Å². The van der Waals surface area contributed by atoms with Crippen LogP contribution in [-0.4, -0.2) is 25.9 Å². The monoisotopic (exact) mass is 350 g/mol. The van der Waals surface area contributed by atoms with Gasteiger partial charge in [0.05, 0.1) is 27.7 Å². The van der Waals surface area contributed by atoms with E-state index in [1.165, 1.54) is 42.5 Å². The van der Waals surface area contributed by atoms with Crippen LogP contribution in [0.25, 0.3) is 0 Å². The van der Waals surface area contributed by atoms with E-state index >= 15 is 0 Å². The first-order chi connectivity index (χ1) is 11.3. The first kappa shape index (κ1) is 17.4. The number of carbonyl (C=O) groups excluding carboxylic acids is 1. The largest absolute Gasteiger partial charge is 0.462 e. The highest BCUT2D eigenvalue weighted by molar-refractivity contribution is 7.92. The van der Waals surface area contributed by atoms with Crippen LogP contribution in [0.4, 0.5) is 11.4 Å². The fourth-order valence-electron chi connectivity index (χ4n) is 1.88. The lowest BCUT2D eigenvalue weighted by Crippen LogP contribution is -2.13. The summed E-state index contributed by atoms with van der Waals surface area (Å²) in [5.41, 5.74) is 0.0673. The van der Waals surface area contributed by atoms with Crippen LogP contribution in [0.15, 0.2) is 53.4 Å². The van der Waals surface area contributed by atoms with Crippen LogP contribution >= 0.6 is 0 Å². The van der Waals surface area contributed by atoms with Crippen molar-refractivity contribution in [2.75, 3.05) is 11.3 Å². The summed E-state index contributed by atoms with van der Waals surface area (Å²) in [5.74, 6) is -0.548. The number of carbonyl (C=O) groups is 1. The molecule has 2 aromatic rings. The standard InChI is InChI=1S/C15H14N2O6S/c1-2-23-15(18)11-6-8-14(9-7-11)24(21,22)16-12-4-3-5-13(10-12)17(19)20/h3-10,16H,2H2,1H3. The van der Waals surface area contributed by atoms with Gasteiger partial charge in [0.1, 0.15) is 0 Å². The molecule has 0 atom stereocenters. The second kappa shape index (κ2) is 7.09. The molecule has 0 spiro atoms. The molecule has 0 bridgehead atoms. The van der Waals surface area contributed by atoms with Crippen molar-refractivity contribution in [3.63, 3.8) is 0 Å². The zero-order valence-electron chi connectivity index (χ0n) is 12.6. The van der Waals surface area contributed by atoms with Gasteiger partial charge in [0.25, 0.3) is 15.7 Å². The highest BCUT2D eigenvalue weighted by atomic mass is 32.2.